The van der Waals surface area contributed by atoms with Crippen molar-refractivity contribution in [3.8, 4) is 16.2 Å². The van der Waals surface area contributed by atoms with Crippen molar-refractivity contribution in [3.63, 3.8) is 0 Å². The summed E-state index contributed by atoms with van der Waals surface area (Å²) in [5.74, 6) is 0.888. The topological polar surface area (TPSA) is 70.1 Å². The first-order valence-corrected chi connectivity index (χ1v) is 9.66. The average molecular weight is 376 g/mol. The predicted octanol–water partition coefficient (Wildman–Crippen LogP) is 4.92. The van der Waals surface area contributed by atoms with Gasteiger partial charge in [-0.05, 0) is 35.9 Å². The summed E-state index contributed by atoms with van der Waals surface area (Å²) in [5.41, 5.74) is 3.94. The van der Waals surface area contributed by atoms with Crippen LogP contribution in [0.2, 0.25) is 0 Å². The zero-order valence-corrected chi connectivity index (χ0v) is 15.8. The van der Waals surface area contributed by atoms with Gasteiger partial charge in [0.15, 0.2) is 5.82 Å². The van der Waals surface area contributed by atoms with E-state index in [1.54, 1.807) is 29.8 Å². The Balaban J connectivity index is 1.65. The van der Waals surface area contributed by atoms with Gasteiger partial charge in [-0.2, -0.15) is 0 Å². The predicted molar refractivity (Wildman–Crippen MR) is 112 cm³/mol. The lowest BCUT2D eigenvalue weighted by Crippen LogP contribution is -2.11. The maximum atomic E-state index is 10.0. The van der Waals surface area contributed by atoms with Gasteiger partial charge in [0.25, 0.3) is 0 Å². The lowest BCUT2D eigenvalue weighted by atomic mass is 10.1. The van der Waals surface area contributed by atoms with Crippen molar-refractivity contribution in [2.24, 2.45) is 0 Å². The van der Waals surface area contributed by atoms with E-state index in [0.717, 1.165) is 33.7 Å². The van der Waals surface area contributed by atoms with E-state index in [2.05, 4.69) is 57.9 Å². The summed E-state index contributed by atoms with van der Waals surface area (Å²) in [6, 6.07) is 17.8. The molecule has 0 aliphatic rings. The molecule has 4 aromatic rings. The second-order valence-electron chi connectivity index (χ2n) is 6.17. The van der Waals surface area contributed by atoms with Crippen LogP contribution < -0.4 is 10.6 Å². The number of hydrogen-bond acceptors (Lipinski definition) is 6. The molecule has 6 heteroatoms. The molecule has 2 aromatic carbocycles. The summed E-state index contributed by atoms with van der Waals surface area (Å²) in [6.07, 6.45) is 1.54. The standard InChI is InChI=1S/C21H20N4OS/c1-2-22-12-14-7-9-15(10-8-14)19-11-17-20(27-19)21(24-13-23-17)25-16-5-3-4-6-18(16)26/h3-11,13,22,26H,2,12H2,1H3,(H,23,24,25). The van der Waals surface area contributed by atoms with E-state index < -0.39 is 0 Å². The Labute approximate surface area is 161 Å². The molecule has 0 amide bonds. The van der Waals surface area contributed by atoms with E-state index in [4.69, 9.17) is 0 Å². The van der Waals surface area contributed by atoms with Crippen molar-refractivity contribution in [2.45, 2.75) is 13.5 Å². The molecule has 3 N–H and O–H groups in total. The Morgan fingerprint density at radius 2 is 1.85 bits per heavy atom. The number of aromatic nitrogens is 2. The number of nitrogens with one attached hydrogen (secondary N) is 2. The number of para-hydroxylation sites is 2. The van der Waals surface area contributed by atoms with E-state index in [-0.39, 0.29) is 5.75 Å². The Morgan fingerprint density at radius 3 is 2.63 bits per heavy atom. The molecular weight excluding hydrogens is 356 g/mol. The molecule has 0 bridgehead atoms. The third-order valence-electron chi connectivity index (χ3n) is 4.29. The number of thiophene rings is 1. The summed E-state index contributed by atoms with van der Waals surface area (Å²) in [6.45, 7) is 3.94. The molecule has 0 aliphatic heterocycles. The van der Waals surface area contributed by atoms with Crippen molar-refractivity contribution in [1.82, 2.24) is 15.3 Å². The third kappa shape index (κ3) is 3.77. The van der Waals surface area contributed by atoms with E-state index >= 15 is 0 Å². The van der Waals surface area contributed by atoms with Gasteiger partial charge in [0.05, 0.1) is 15.9 Å². The first-order chi connectivity index (χ1) is 13.2. The lowest BCUT2D eigenvalue weighted by molar-refractivity contribution is 0.478. The number of rotatable bonds is 6. The van der Waals surface area contributed by atoms with Gasteiger partial charge in [0.2, 0.25) is 0 Å². The number of hydrogen-bond donors (Lipinski definition) is 3. The Morgan fingerprint density at radius 1 is 1.04 bits per heavy atom. The molecule has 0 saturated heterocycles. The van der Waals surface area contributed by atoms with Crippen LogP contribution in [0.15, 0.2) is 60.9 Å². The van der Waals surface area contributed by atoms with E-state index in [1.807, 2.05) is 12.1 Å². The zero-order valence-electron chi connectivity index (χ0n) is 14.9. The van der Waals surface area contributed by atoms with Crippen molar-refractivity contribution >= 4 is 33.1 Å². The molecule has 0 saturated carbocycles. The van der Waals surface area contributed by atoms with Gasteiger partial charge in [0, 0.05) is 11.4 Å². The highest BCUT2D eigenvalue weighted by atomic mass is 32.1. The smallest absolute Gasteiger partial charge is 0.151 e. The van der Waals surface area contributed by atoms with Gasteiger partial charge < -0.3 is 15.7 Å². The van der Waals surface area contributed by atoms with Crippen LogP contribution in [-0.4, -0.2) is 21.6 Å². The van der Waals surface area contributed by atoms with Crippen molar-refractivity contribution in [2.75, 3.05) is 11.9 Å². The summed E-state index contributed by atoms with van der Waals surface area (Å²) in [5, 5.41) is 16.6. The number of benzene rings is 2. The van der Waals surface area contributed by atoms with Crippen LogP contribution in [0.4, 0.5) is 11.5 Å². The fourth-order valence-electron chi connectivity index (χ4n) is 2.85. The molecule has 4 rings (SSSR count). The first kappa shape index (κ1) is 17.5. The van der Waals surface area contributed by atoms with Crippen LogP contribution in [0.5, 0.6) is 5.75 Å². The second-order valence-corrected chi connectivity index (χ2v) is 7.22. The highest BCUT2D eigenvalue weighted by molar-refractivity contribution is 7.22. The van der Waals surface area contributed by atoms with Crippen molar-refractivity contribution in [1.29, 1.82) is 0 Å². The minimum absolute atomic E-state index is 0.192. The number of aromatic hydroxyl groups is 1. The molecule has 0 fully saturated rings. The molecule has 0 spiro atoms. The van der Waals surface area contributed by atoms with E-state index in [0.29, 0.717) is 11.5 Å². The van der Waals surface area contributed by atoms with Crippen LogP contribution in [0, 0.1) is 0 Å². The molecule has 0 radical (unpaired) electrons. The molecule has 0 atom stereocenters. The summed E-state index contributed by atoms with van der Waals surface area (Å²) in [4.78, 5) is 9.90. The van der Waals surface area contributed by atoms with Gasteiger partial charge in [-0.1, -0.05) is 43.3 Å². The van der Waals surface area contributed by atoms with Gasteiger partial charge in [-0.3, -0.25) is 0 Å². The first-order valence-electron chi connectivity index (χ1n) is 8.84. The fraction of sp³-hybridized carbons (Fsp3) is 0.143. The number of anilines is 2. The molecule has 2 heterocycles. The van der Waals surface area contributed by atoms with Crippen LogP contribution in [-0.2, 0) is 6.54 Å². The van der Waals surface area contributed by atoms with Crippen LogP contribution in [0.1, 0.15) is 12.5 Å². The molecule has 0 unspecified atom stereocenters. The van der Waals surface area contributed by atoms with E-state index in [9.17, 15) is 5.11 Å². The second kappa shape index (κ2) is 7.73. The van der Waals surface area contributed by atoms with Gasteiger partial charge in [-0.25, -0.2) is 9.97 Å². The minimum Gasteiger partial charge on any atom is -0.506 e. The minimum atomic E-state index is 0.192. The van der Waals surface area contributed by atoms with Crippen LogP contribution in [0.3, 0.4) is 0 Å². The maximum absolute atomic E-state index is 10.0. The Kier molecular flexibility index (Phi) is 5.00. The van der Waals surface area contributed by atoms with Gasteiger partial charge in [0.1, 0.15) is 12.1 Å². The van der Waals surface area contributed by atoms with Gasteiger partial charge >= 0.3 is 0 Å². The SMILES string of the molecule is CCNCc1ccc(-c2cc3ncnc(Nc4ccccc4O)c3s2)cc1. The normalized spacial score (nSPS) is 11.0. The van der Waals surface area contributed by atoms with Crippen LogP contribution >= 0.6 is 11.3 Å². The average Bonchev–Trinajstić information content (AvgIpc) is 3.14. The highest BCUT2D eigenvalue weighted by Crippen LogP contribution is 2.37. The largest absolute Gasteiger partial charge is 0.506 e. The molecule has 27 heavy (non-hydrogen) atoms. The van der Waals surface area contributed by atoms with Crippen molar-refractivity contribution < 1.29 is 5.11 Å². The molecule has 2 aromatic heterocycles. The number of fused-ring (bicyclic) bond motifs is 1. The lowest BCUT2D eigenvalue weighted by Gasteiger charge is -2.07. The van der Waals surface area contributed by atoms with Crippen molar-refractivity contribution in [3.05, 3.63) is 66.5 Å². The maximum Gasteiger partial charge on any atom is 0.151 e. The van der Waals surface area contributed by atoms with Gasteiger partial charge in [-0.15, -0.1) is 11.3 Å². The molecule has 5 nitrogen and oxygen atoms in total. The molecule has 136 valence electrons. The Bertz CT molecular complexity index is 1060. The summed E-state index contributed by atoms with van der Waals surface area (Å²) < 4.78 is 0.965. The Hall–Kier alpha value is -2.96. The number of phenolic OH excluding ortho intramolecular Hbond substituents is 1. The number of phenols is 1. The zero-order chi connectivity index (χ0) is 18.6. The summed E-state index contributed by atoms with van der Waals surface area (Å²) >= 11 is 1.64. The highest BCUT2D eigenvalue weighted by Gasteiger charge is 2.11. The number of nitrogens with zero attached hydrogens (tertiary/aromatic N) is 2. The van der Waals surface area contributed by atoms with Crippen LogP contribution in [0.25, 0.3) is 20.7 Å². The molecular formula is C21H20N4OS. The molecule has 0 aliphatic carbocycles. The third-order valence-corrected chi connectivity index (χ3v) is 5.47. The van der Waals surface area contributed by atoms with E-state index in [1.165, 1.54) is 5.56 Å². The monoisotopic (exact) mass is 376 g/mol. The fourth-order valence-corrected chi connectivity index (χ4v) is 3.91. The summed E-state index contributed by atoms with van der Waals surface area (Å²) in [7, 11) is 0. The quantitative estimate of drug-likeness (QED) is 0.417.